The van der Waals surface area contributed by atoms with E-state index in [0.717, 1.165) is 6.08 Å². The average molecular weight is 348 g/mol. The lowest BCUT2D eigenvalue weighted by molar-refractivity contribution is 0.00578. The monoisotopic (exact) mass is 348 g/mol. The van der Waals surface area contributed by atoms with E-state index in [1.807, 2.05) is 27.7 Å². The normalized spacial score (nSPS) is 18.8. The van der Waals surface area contributed by atoms with Crippen LogP contribution in [0.5, 0.6) is 0 Å². The molecular weight excluding hydrogens is 325 g/mol. The fourth-order valence-corrected chi connectivity index (χ4v) is 2.24. The second kappa shape index (κ2) is 7.69. The van der Waals surface area contributed by atoms with Gasteiger partial charge in [-0.15, -0.1) is 0 Å². The molecule has 0 amide bonds. The van der Waals surface area contributed by atoms with Crippen LogP contribution in [0.3, 0.4) is 0 Å². The van der Waals surface area contributed by atoms with Crippen LogP contribution in [0.4, 0.5) is 8.78 Å². The quantitative estimate of drug-likeness (QED) is 0.510. The molecular formula is C19H23BF2O3. The van der Waals surface area contributed by atoms with Crippen molar-refractivity contribution in [3.63, 3.8) is 0 Å². The highest BCUT2D eigenvalue weighted by atomic mass is 19.1. The van der Waals surface area contributed by atoms with Crippen LogP contribution in [0, 0.1) is 17.7 Å². The molecule has 0 radical (unpaired) electrons. The fraction of sp³-hybridized carbons (Fsp3) is 0.474. The van der Waals surface area contributed by atoms with Gasteiger partial charge in [0.25, 0.3) is 0 Å². The van der Waals surface area contributed by atoms with Gasteiger partial charge in [-0.2, -0.15) is 0 Å². The molecule has 0 aromatic heterocycles. The third-order valence-electron chi connectivity index (χ3n) is 4.46. The van der Waals surface area contributed by atoms with Gasteiger partial charge in [-0.1, -0.05) is 11.8 Å². The SMILES string of the molecule is CC1(C)OB(C(F)=Cc2cc(C#CCCCO)ccc2F)OC1(C)C. The predicted molar refractivity (Wildman–Crippen MR) is 94.8 cm³/mol. The van der Waals surface area contributed by atoms with Crippen LogP contribution in [0.2, 0.25) is 0 Å². The van der Waals surface area contributed by atoms with Gasteiger partial charge < -0.3 is 14.4 Å². The van der Waals surface area contributed by atoms with Crippen LogP contribution in [-0.2, 0) is 9.31 Å². The van der Waals surface area contributed by atoms with Gasteiger partial charge in [-0.3, -0.25) is 0 Å². The van der Waals surface area contributed by atoms with Crippen molar-refractivity contribution in [2.45, 2.75) is 51.7 Å². The van der Waals surface area contributed by atoms with Crippen molar-refractivity contribution >= 4 is 13.2 Å². The molecule has 1 aromatic rings. The van der Waals surface area contributed by atoms with E-state index in [1.165, 1.54) is 18.2 Å². The lowest BCUT2D eigenvalue weighted by Crippen LogP contribution is -2.41. The van der Waals surface area contributed by atoms with Crippen molar-refractivity contribution in [3.8, 4) is 11.8 Å². The Morgan fingerprint density at radius 1 is 1.24 bits per heavy atom. The summed E-state index contributed by atoms with van der Waals surface area (Å²) in [6.07, 6.45) is 2.20. The second-order valence-electron chi connectivity index (χ2n) is 6.98. The first kappa shape index (κ1) is 19.6. The summed E-state index contributed by atoms with van der Waals surface area (Å²) in [6.45, 7) is 7.37. The molecule has 3 nitrogen and oxygen atoms in total. The van der Waals surface area contributed by atoms with Crippen LogP contribution in [0.1, 0.15) is 51.7 Å². The molecule has 0 aliphatic carbocycles. The lowest BCUT2D eigenvalue weighted by Gasteiger charge is -2.32. The van der Waals surface area contributed by atoms with Crippen LogP contribution in [-0.4, -0.2) is 30.0 Å². The van der Waals surface area contributed by atoms with E-state index in [0.29, 0.717) is 18.4 Å². The maximum Gasteiger partial charge on any atom is 0.525 e. The van der Waals surface area contributed by atoms with Crippen molar-refractivity contribution in [2.75, 3.05) is 6.61 Å². The second-order valence-corrected chi connectivity index (χ2v) is 6.98. The molecule has 1 fully saturated rings. The maximum atomic E-state index is 14.5. The van der Waals surface area contributed by atoms with Crippen molar-refractivity contribution in [1.82, 2.24) is 0 Å². The number of benzene rings is 1. The summed E-state index contributed by atoms with van der Waals surface area (Å²) in [4.78, 5) is 0. The lowest BCUT2D eigenvalue weighted by atomic mass is 9.86. The summed E-state index contributed by atoms with van der Waals surface area (Å²) in [5.41, 5.74) is -1.36. The molecule has 25 heavy (non-hydrogen) atoms. The van der Waals surface area contributed by atoms with Gasteiger partial charge >= 0.3 is 7.12 Å². The molecule has 1 N–H and O–H groups in total. The van der Waals surface area contributed by atoms with E-state index in [2.05, 4.69) is 11.8 Å². The molecule has 0 saturated carbocycles. The van der Waals surface area contributed by atoms with E-state index in [-0.39, 0.29) is 12.2 Å². The minimum Gasteiger partial charge on any atom is -0.398 e. The first-order valence-corrected chi connectivity index (χ1v) is 8.28. The highest BCUT2D eigenvalue weighted by Gasteiger charge is 2.53. The molecule has 1 aromatic carbocycles. The van der Waals surface area contributed by atoms with E-state index < -0.39 is 29.9 Å². The van der Waals surface area contributed by atoms with Crippen LogP contribution in [0.25, 0.3) is 6.08 Å². The Kier molecular flexibility index (Phi) is 6.05. The summed E-state index contributed by atoms with van der Waals surface area (Å²) in [5, 5.41) is 8.73. The number of hydrogen-bond donors (Lipinski definition) is 1. The molecule has 1 heterocycles. The summed E-state index contributed by atoms with van der Waals surface area (Å²) >= 11 is 0. The van der Waals surface area contributed by atoms with Crippen molar-refractivity contribution in [2.24, 2.45) is 0 Å². The number of rotatable bonds is 4. The molecule has 1 aliphatic rings. The Morgan fingerprint density at radius 3 is 2.48 bits per heavy atom. The third-order valence-corrected chi connectivity index (χ3v) is 4.46. The van der Waals surface area contributed by atoms with Crippen molar-refractivity contribution < 1.29 is 23.2 Å². The minimum atomic E-state index is -1.16. The topological polar surface area (TPSA) is 38.7 Å². The zero-order valence-electron chi connectivity index (χ0n) is 15.0. The zero-order chi connectivity index (χ0) is 18.7. The summed E-state index contributed by atoms with van der Waals surface area (Å²) < 4.78 is 39.8. The molecule has 1 aliphatic heterocycles. The average Bonchev–Trinajstić information content (AvgIpc) is 2.75. The van der Waals surface area contributed by atoms with E-state index in [9.17, 15) is 8.78 Å². The predicted octanol–water partition coefficient (Wildman–Crippen LogP) is 3.89. The van der Waals surface area contributed by atoms with E-state index in [4.69, 9.17) is 14.4 Å². The molecule has 0 atom stereocenters. The molecule has 1 saturated heterocycles. The van der Waals surface area contributed by atoms with Gasteiger partial charge in [0.2, 0.25) is 0 Å². The summed E-state index contributed by atoms with van der Waals surface area (Å²) in [5.74, 6) is 5.21. The molecule has 2 rings (SSSR count). The minimum absolute atomic E-state index is 0.0748. The molecule has 0 spiro atoms. The number of aliphatic hydroxyl groups is 1. The Hall–Kier alpha value is -1.68. The molecule has 0 unspecified atom stereocenters. The van der Waals surface area contributed by atoms with Gasteiger partial charge in [-0.05, 0) is 58.4 Å². The van der Waals surface area contributed by atoms with Crippen molar-refractivity contribution in [3.05, 3.63) is 40.9 Å². The fourth-order valence-electron chi connectivity index (χ4n) is 2.24. The Labute approximate surface area is 148 Å². The van der Waals surface area contributed by atoms with Gasteiger partial charge in [0, 0.05) is 24.2 Å². The van der Waals surface area contributed by atoms with Gasteiger partial charge in [0.1, 0.15) is 11.5 Å². The smallest absolute Gasteiger partial charge is 0.398 e. The van der Waals surface area contributed by atoms with E-state index >= 15 is 0 Å². The number of aliphatic hydroxyl groups excluding tert-OH is 1. The number of halogens is 2. The van der Waals surface area contributed by atoms with Gasteiger partial charge in [0.05, 0.1) is 11.2 Å². The van der Waals surface area contributed by atoms with E-state index in [1.54, 1.807) is 0 Å². The Balaban J connectivity index is 2.20. The molecule has 0 bridgehead atoms. The maximum absolute atomic E-state index is 14.5. The van der Waals surface area contributed by atoms with Crippen molar-refractivity contribution in [1.29, 1.82) is 0 Å². The highest BCUT2D eigenvalue weighted by molar-refractivity contribution is 6.54. The third kappa shape index (κ3) is 4.69. The summed E-state index contributed by atoms with van der Waals surface area (Å²) in [7, 11) is -1.16. The highest BCUT2D eigenvalue weighted by Crippen LogP contribution is 2.39. The zero-order valence-corrected chi connectivity index (χ0v) is 15.0. The van der Waals surface area contributed by atoms with Gasteiger partial charge in [0.15, 0.2) is 0 Å². The first-order valence-electron chi connectivity index (χ1n) is 8.28. The van der Waals surface area contributed by atoms with Crippen LogP contribution >= 0.6 is 0 Å². The van der Waals surface area contributed by atoms with Gasteiger partial charge in [-0.25, -0.2) is 8.78 Å². The largest absolute Gasteiger partial charge is 0.525 e. The summed E-state index contributed by atoms with van der Waals surface area (Å²) in [6, 6.07) is 4.26. The first-order chi connectivity index (χ1) is 11.7. The Morgan fingerprint density at radius 2 is 1.88 bits per heavy atom. The van der Waals surface area contributed by atoms with Crippen LogP contribution in [0.15, 0.2) is 23.9 Å². The molecule has 134 valence electrons. The Bertz CT molecular complexity index is 701. The number of hydrogen-bond acceptors (Lipinski definition) is 3. The number of unbranched alkanes of at least 4 members (excludes halogenated alkanes) is 1. The van der Waals surface area contributed by atoms with Crippen LogP contribution < -0.4 is 0 Å². The standard InChI is InChI=1S/C19H23BF2O3/c1-18(2)19(3,4)25-20(24-18)17(22)13-15-12-14(9-10-16(15)21)8-6-5-7-11-23/h9-10,12-13,23H,5,7,11H2,1-4H3. The molecule has 6 heteroatoms.